The first kappa shape index (κ1) is 12.0. The van der Waals surface area contributed by atoms with Crippen LogP contribution in [0, 0.1) is 0 Å². The molecule has 0 bridgehead atoms. The third-order valence-electron chi connectivity index (χ3n) is 4.08. The van der Waals surface area contributed by atoms with Crippen molar-refractivity contribution in [3.05, 3.63) is 0 Å². The molecule has 1 fully saturated rings. The Balaban J connectivity index is 2.66. The predicted octanol–water partition coefficient (Wildman–Crippen LogP) is 2.20. The number of hydrogen-bond acceptors (Lipinski definition) is 2. The summed E-state index contributed by atoms with van der Waals surface area (Å²) in [7, 11) is 2.24. The fourth-order valence-electron chi connectivity index (χ4n) is 2.12. The molecule has 0 aromatic rings. The maximum atomic E-state index is 2.64. The van der Waals surface area contributed by atoms with E-state index in [-0.39, 0.29) is 0 Å². The molecule has 1 aliphatic rings. The van der Waals surface area contributed by atoms with Gasteiger partial charge in [0, 0.05) is 30.7 Å². The van der Waals surface area contributed by atoms with Gasteiger partial charge >= 0.3 is 0 Å². The smallest absolute Gasteiger partial charge is 0.0195 e. The molecular formula is C12H26N2. The van der Waals surface area contributed by atoms with E-state index in [1.807, 2.05) is 0 Å². The van der Waals surface area contributed by atoms with Crippen LogP contribution in [0.1, 0.15) is 41.0 Å². The molecule has 1 rings (SSSR count). The lowest BCUT2D eigenvalue weighted by Gasteiger charge is -2.49. The minimum atomic E-state index is 0.365. The van der Waals surface area contributed by atoms with Crippen molar-refractivity contribution in [2.45, 2.75) is 58.7 Å². The molecule has 2 nitrogen and oxygen atoms in total. The molecule has 0 aromatic carbocycles. The summed E-state index contributed by atoms with van der Waals surface area (Å²) >= 11 is 0. The molecule has 2 atom stereocenters. The standard InChI is InChI=1S/C12H26N2/c1-7-12(4,5)14-8-10(2)13(6)11(3)9-14/h10-11H,7-9H2,1-6H3/t10-,11+. The monoisotopic (exact) mass is 198 g/mol. The van der Waals surface area contributed by atoms with Crippen LogP contribution in [0.3, 0.4) is 0 Å². The molecular weight excluding hydrogens is 172 g/mol. The van der Waals surface area contributed by atoms with Crippen LogP contribution < -0.4 is 0 Å². The van der Waals surface area contributed by atoms with E-state index in [0.29, 0.717) is 17.6 Å². The normalized spacial score (nSPS) is 32.1. The van der Waals surface area contributed by atoms with Crippen LogP contribution >= 0.6 is 0 Å². The van der Waals surface area contributed by atoms with Gasteiger partial charge in [-0.05, 0) is 41.2 Å². The van der Waals surface area contributed by atoms with Gasteiger partial charge in [0.2, 0.25) is 0 Å². The zero-order chi connectivity index (χ0) is 10.9. The van der Waals surface area contributed by atoms with Gasteiger partial charge in [-0.3, -0.25) is 9.80 Å². The molecule has 1 aliphatic heterocycles. The molecule has 0 aliphatic carbocycles. The Kier molecular flexibility index (Phi) is 3.59. The molecule has 1 saturated heterocycles. The number of hydrogen-bond donors (Lipinski definition) is 0. The summed E-state index contributed by atoms with van der Waals surface area (Å²) in [5.41, 5.74) is 0.365. The van der Waals surface area contributed by atoms with E-state index in [2.05, 4.69) is 51.5 Å². The topological polar surface area (TPSA) is 6.48 Å². The van der Waals surface area contributed by atoms with E-state index < -0.39 is 0 Å². The van der Waals surface area contributed by atoms with Crippen molar-refractivity contribution in [3.8, 4) is 0 Å². The van der Waals surface area contributed by atoms with Gasteiger partial charge in [0.05, 0.1) is 0 Å². The van der Waals surface area contributed by atoms with Crippen molar-refractivity contribution < 1.29 is 0 Å². The molecule has 0 aromatic heterocycles. The fourth-order valence-corrected chi connectivity index (χ4v) is 2.12. The number of piperazine rings is 1. The van der Waals surface area contributed by atoms with E-state index >= 15 is 0 Å². The summed E-state index contributed by atoms with van der Waals surface area (Å²) in [5, 5.41) is 0. The molecule has 84 valence electrons. The highest BCUT2D eigenvalue weighted by molar-refractivity contribution is 4.90. The molecule has 0 saturated carbocycles. The highest BCUT2D eigenvalue weighted by Gasteiger charge is 2.33. The van der Waals surface area contributed by atoms with Crippen LogP contribution in [-0.4, -0.2) is 47.6 Å². The lowest BCUT2D eigenvalue weighted by Crippen LogP contribution is -2.60. The van der Waals surface area contributed by atoms with Gasteiger partial charge in [0.15, 0.2) is 0 Å². The Bertz CT molecular complexity index is 177. The first-order valence-electron chi connectivity index (χ1n) is 5.85. The predicted molar refractivity (Wildman–Crippen MR) is 62.6 cm³/mol. The Morgan fingerprint density at radius 2 is 1.57 bits per heavy atom. The second-order valence-corrected chi connectivity index (χ2v) is 5.43. The Morgan fingerprint density at radius 1 is 1.14 bits per heavy atom. The lowest BCUT2D eigenvalue weighted by atomic mass is 9.95. The van der Waals surface area contributed by atoms with Crippen molar-refractivity contribution in [3.63, 3.8) is 0 Å². The largest absolute Gasteiger partial charge is 0.298 e. The molecule has 2 heteroatoms. The van der Waals surface area contributed by atoms with Crippen LogP contribution in [0.5, 0.6) is 0 Å². The van der Waals surface area contributed by atoms with E-state index in [9.17, 15) is 0 Å². The van der Waals surface area contributed by atoms with Gasteiger partial charge in [-0.2, -0.15) is 0 Å². The number of nitrogens with zero attached hydrogens (tertiary/aromatic N) is 2. The number of likely N-dealkylation sites (N-methyl/N-ethyl adjacent to an activating group) is 1. The Morgan fingerprint density at radius 3 is 1.93 bits per heavy atom. The first-order chi connectivity index (χ1) is 6.38. The summed E-state index contributed by atoms with van der Waals surface area (Å²) in [6.45, 7) is 14.1. The Labute approximate surface area is 89.3 Å². The second-order valence-electron chi connectivity index (χ2n) is 5.43. The molecule has 1 heterocycles. The van der Waals surface area contributed by atoms with Crippen molar-refractivity contribution in [1.82, 2.24) is 9.80 Å². The third kappa shape index (κ3) is 2.29. The highest BCUT2D eigenvalue weighted by Crippen LogP contribution is 2.24. The van der Waals surface area contributed by atoms with E-state index in [0.717, 1.165) is 0 Å². The fraction of sp³-hybridized carbons (Fsp3) is 1.00. The minimum Gasteiger partial charge on any atom is -0.298 e. The summed E-state index contributed by atoms with van der Waals surface area (Å²) in [6.07, 6.45) is 1.23. The minimum absolute atomic E-state index is 0.365. The van der Waals surface area contributed by atoms with Gasteiger partial charge in [0.25, 0.3) is 0 Å². The maximum absolute atomic E-state index is 2.64. The van der Waals surface area contributed by atoms with E-state index in [1.165, 1.54) is 19.5 Å². The molecule has 0 unspecified atom stereocenters. The summed E-state index contributed by atoms with van der Waals surface area (Å²) in [4.78, 5) is 5.13. The molecule has 0 radical (unpaired) electrons. The molecule has 0 amide bonds. The van der Waals surface area contributed by atoms with Crippen molar-refractivity contribution >= 4 is 0 Å². The summed E-state index contributed by atoms with van der Waals surface area (Å²) in [5.74, 6) is 0. The van der Waals surface area contributed by atoms with Crippen LogP contribution in [0.2, 0.25) is 0 Å². The van der Waals surface area contributed by atoms with Crippen molar-refractivity contribution in [1.29, 1.82) is 0 Å². The second kappa shape index (κ2) is 4.19. The average molecular weight is 198 g/mol. The molecule has 14 heavy (non-hydrogen) atoms. The average Bonchev–Trinajstić information content (AvgIpc) is 2.13. The lowest BCUT2D eigenvalue weighted by molar-refractivity contribution is 0.000203. The maximum Gasteiger partial charge on any atom is 0.0195 e. The SMILES string of the molecule is CCC(C)(C)N1C[C@@H](C)N(C)[C@@H](C)C1. The number of rotatable bonds is 2. The van der Waals surface area contributed by atoms with E-state index in [4.69, 9.17) is 0 Å². The first-order valence-corrected chi connectivity index (χ1v) is 5.85. The van der Waals surface area contributed by atoms with Gasteiger partial charge in [-0.15, -0.1) is 0 Å². The van der Waals surface area contributed by atoms with Crippen LogP contribution in [0.4, 0.5) is 0 Å². The quantitative estimate of drug-likeness (QED) is 0.671. The molecule has 0 N–H and O–H groups in total. The highest BCUT2D eigenvalue weighted by atomic mass is 15.3. The van der Waals surface area contributed by atoms with Crippen molar-refractivity contribution in [2.75, 3.05) is 20.1 Å². The van der Waals surface area contributed by atoms with Gasteiger partial charge in [-0.25, -0.2) is 0 Å². The third-order valence-corrected chi connectivity index (χ3v) is 4.08. The van der Waals surface area contributed by atoms with Gasteiger partial charge in [0.1, 0.15) is 0 Å². The Hall–Kier alpha value is -0.0800. The van der Waals surface area contributed by atoms with Gasteiger partial charge in [-0.1, -0.05) is 6.92 Å². The molecule has 0 spiro atoms. The van der Waals surface area contributed by atoms with Crippen LogP contribution in [0.15, 0.2) is 0 Å². The summed E-state index contributed by atoms with van der Waals surface area (Å²) < 4.78 is 0. The van der Waals surface area contributed by atoms with Gasteiger partial charge < -0.3 is 0 Å². The zero-order valence-electron chi connectivity index (χ0n) is 10.7. The summed E-state index contributed by atoms with van der Waals surface area (Å²) in [6, 6.07) is 1.37. The van der Waals surface area contributed by atoms with Crippen LogP contribution in [0.25, 0.3) is 0 Å². The van der Waals surface area contributed by atoms with Crippen molar-refractivity contribution in [2.24, 2.45) is 0 Å². The van der Waals surface area contributed by atoms with Crippen LogP contribution in [-0.2, 0) is 0 Å². The zero-order valence-corrected chi connectivity index (χ0v) is 10.7. The van der Waals surface area contributed by atoms with E-state index in [1.54, 1.807) is 0 Å².